The number of ether oxygens (including phenoxy) is 1. The zero-order chi connectivity index (χ0) is 19.7. The first-order chi connectivity index (χ1) is 13.5. The summed E-state index contributed by atoms with van der Waals surface area (Å²) in [5.74, 6) is -0.349. The molecular weight excluding hydrogens is 363 g/mol. The summed E-state index contributed by atoms with van der Waals surface area (Å²) in [6, 6.07) is 5.92. The molecule has 8 nitrogen and oxygen atoms in total. The van der Waals surface area contributed by atoms with Crippen LogP contribution in [0.25, 0.3) is 16.9 Å². The summed E-state index contributed by atoms with van der Waals surface area (Å²) >= 11 is 0. The van der Waals surface area contributed by atoms with Crippen molar-refractivity contribution in [1.82, 2.24) is 24.8 Å². The van der Waals surface area contributed by atoms with Crippen LogP contribution in [0, 0.1) is 5.82 Å². The summed E-state index contributed by atoms with van der Waals surface area (Å²) < 4.78 is 21.1. The molecule has 0 bridgehead atoms. The molecule has 0 saturated heterocycles. The topological polar surface area (TPSA) is 97.2 Å². The van der Waals surface area contributed by atoms with Gasteiger partial charge in [-0.25, -0.2) is 13.9 Å². The number of amides is 1. The molecule has 9 heteroatoms. The number of rotatable bonds is 5. The minimum absolute atomic E-state index is 0.102. The van der Waals surface area contributed by atoms with Gasteiger partial charge in [-0.05, 0) is 38.1 Å². The summed E-state index contributed by atoms with van der Waals surface area (Å²) in [4.78, 5) is 16.9. The van der Waals surface area contributed by atoms with Crippen molar-refractivity contribution < 1.29 is 13.9 Å². The van der Waals surface area contributed by atoms with E-state index in [-0.39, 0.29) is 6.10 Å². The van der Waals surface area contributed by atoms with Gasteiger partial charge in [0.1, 0.15) is 17.1 Å². The van der Waals surface area contributed by atoms with Gasteiger partial charge in [0, 0.05) is 18.0 Å². The summed E-state index contributed by atoms with van der Waals surface area (Å²) in [5, 5.41) is 13.7. The lowest BCUT2D eigenvalue weighted by atomic mass is 10.1. The van der Waals surface area contributed by atoms with Crippen LogP contribution in [0.2, 0.25) is 0 Å². The zero-order valence-corrected chi connectivity index (χ0v) is 15.2. The number of halogens is 1. The van der Waals surface area contributed by atoms with Gasteiger partial charge < -0.3 is 10.1 Å². The highest BCUT2D eigenvalue weighted by atomic mass is 19.1. The quantitative estimate of drug-likeness (QED) is 0.554. The fourth-order valence-corrected chi connectivity index (χ4v) is 2.82. The van der Waals surface area contributed by atoms with Crippen LogP contribution in [0.3, 0.4) is 0 Å². The third-order valence-corrected chi connectivity index (χ3v) is 3.99. The van der Waals surface area contributed by atoms with Crippen molar-refractivity contribution in [2.45, 2.75) is 20.0 Å². The van der Waals surface area contributed by atoms with Crippen LogP contribution in [0.5, 0.6) is 5.75 Å². The number of H-pyrrole nitrogens is 1. The fraction of sp³-hybridized carbons (Fsp3) is 0.158. The molecule has 2 N–H and O–H groups in total. The van der Waals surface area contributed by atoms with Gasteiger partial charge in [0.15, 0.2) is 5.65 Å². The predicted molar refractivity (Wildman–Crippen MR) is 101 cm³/mol. The van der Waals surface area contributed by atoms with Crippen molar-refractivity contribution in [2.24, 2.45) is 0 Å². The Bertz CT molecular complexity index is 1150. The molecule has 0 aliphatic carbocycles. The Kier molecular flexibility index (Phi) is 4.48. The lowest BCUT2D eigenvalue weighted by Gasteiger charge is -2.14. The van der Waals surface area contributed by atoms with Crippen molar-refractivity contribution in [3.05, 3.63) is 60.4 Å². The van der Waals surface area contributed by atoms with Crippen molar-refractivity contribution in [3.8, 4) is 17.0 Å². The van der Waals surface area contributed by atoms with Crippen LogP contribution >= 0.6 is 0 Å². The van der Waals surface area contributed by atoms with Crippen LogP contribution in [0.1, 0.15) is 24.2 Å². The van der Waals surface area contributed by atoms with Crippen molar-refractivity contribution in [1.29, 1.82) is 0 Å². The molecule has 28 heavy (non-hydrogen) atoms. The highest BCUT2D eigenvalue weighted by molar-refractivity contribution is 6.09. The summed E-state index contributed by atoms with van der Waals surface area (Å²) in [6.07, 6.45) is 6.07. The van der Waals surface area contributed by atoms with Crippen molar-refractivity contribution in [3.63, 3.8) is 0 Å². The number of aromatic amines is 1. The number of hydrogen-bond donors (Lipinski definition) is 2. The highest BCUT2D eigenvalue weighted by Gasteiger charge is 2.19. The second kappa shape index (κ2) is 7.10. The Balaban J connectivity index is 1.69. The maximum atomic E-state index is 13.9. The van der Waals surface area contributed by atoms with Crippen LogP contribution in [0.4, 0.5) is 10.1 Å². The molecule has 0 fully saturated rings. The summed E-state index contributed by atoms with van der Waals surface area (Å²) in [6.45, 7) is 3.75. The molecular formula is C19H17FN6O2. The number of anilines is 1. The Morgan fingerprint density at radius 2 is 2.18 bits per heavy atom. The van der Waals surface area contributed by atoms with E-state index < -0.39 is 11.7 Å². The number of carbonyl (C=O) groups excluding carboxylic acids is 1. The molecule has 4 rings (SSSR count). The van der Waals surface area contributed by atoms with Gasteiger partial charge in [-0.3, -0.25) is 9.89 Å². The molecule has 3 aromatic heterocycles. The van der Waals surface area contributed by atoms with Gasteiger partial charge in [0.25, 0.3) is 5.91 Å². The molecule has 4 aromatic rings. The minimum Gasteiger partial charge on any atom is -0.490 e. The number of hydrogen-bond acceptors (Lipinski definition) is 5. The predicted octanol–water partition coefficient (Wildman–Crippen LogP) is 3.30. The van der Waals surface area contributed by atoms with Gasteiger partial charge in [-0.1, -0.05) is 0 Å². The molecule has 142 valence electrons. The molecule has 0 aliphatic heterocycles. The molecule has 0 radical (unpaired) electrons. The lowest BCUT2D eigenvalue weighted by Crippen LogP contribution is -2.12. The van der Waals surface area contributed by atoms with E-state index in [4.69, 9.17) is 4.74 Å². The number of nitrogens with one attached hydrogen (secondary N) is 2. The Morgan fingerprint density at radius 1 is 1.32 bits per heavy atom. The van der Waals surface area contributed by atoms with Gasteiger partial charge in [-0.2, -0.15) is 10.2 Å². The SMILES string of the molecule is CC(C)Oc1ccc(F)cc1-c1[nH]ncc1NC(=O)c1cnn2cccnc12. The standard InChI is InChI=1S/C19H17FN6O2/c1-11(2)28-16-5-4-12(20)8-13(16)17-15(10-22-25-17)24-19(27)14-9-23-26-7-3-6-21-18(14)26/h3-11H,1-2H3,(H,22,25)(H,24,27). The van der Waals surface area contributed by atoms with Crippen LogP contribution < -0.4 is 10.1 Å². The van der Waals surface area contributed by atoms with Crippen LogP contribution in [-0.2, 0) is 0 Å². The molecule has 3 heterocycles. The second-order valence-electron chi connectivity index (χ2n) is 6.37. The molecule has 0 unspecified atom stereocenters. The van der Waals surface area contributed by atoms with E-state index in [1.54, 1.807) is 24.5 Å². The zero-order valence-electron chi connectivity index (χ0n) is 15.2. The minimum atomic E-state index is -0.426. The number of carbonyl (C=O) groups is 1. The van der Waals surface area contributed by atoms with E-state index in [1.165, 1.54) is 29.0 Å². The maximum absolute atomic E-state index is 13.9. The van der Waals surface area contributed by atoms with Gasteiger partial charge in [-0.15, -0.1) is 0 Å². The molecule has 0 spiro atoms. The number of fused-ring (bicyclic) bond motifs is 1. The lowest BCUT2D eigenvalue weighted by molar-refractivity contribution is 0.102. The Hall–Kier alpha value is -3.75. The smallest absolute Gasteiger partial charge is 0.261 e. The van der Waals surface area contributed by atoms with Crippen molar-refractivity contribution in [2.75, 3.05) is 5.32 Å². The summed E-state index contributed by atoms with van der Waals surface area (Å²) in [7, 11) is 0. The van der Waals surface area contributed by atoms with E-state index in [9.17, 15) is 9.18 Å². The number of nitrogens with zero attached hydrogens (tertiary/aromatic N) is 4. The number of benzene rings is 1. The van der Waals surface area contributed by atoms with Crippen LogP contribution in [0.15, 0.2) is 49.1 Å². The van der Waals surface area contributed by atoms with E-state index >= 15 is 0 Å². The van der Waals surface area contributed by atoms with Gasteiger partial charge in [0.05, 0.1) is 29.9 Å². The maximum Gasteiger partial charge on any atom is 0.261 e. The first kappa shape index (κ1) is 17.7. The van der Waals surface area contributed by atoms with E-state index in [0.717, 1.165) is 0 Å². The van der Waals surface area contributed by atoms with Crippen LogP contribution in [-0.4, -0.2) is 36.8 Å². The van der Waals surface area contributed by atoms with E-state index in [2.05, 4.69) is 25.6 Å². The first-order valence-corrected chi connectivity index (χ1v) is 8.62. The van der Waals surface area contributed by atoms with E-state index in [1.807, 2.05) is 13.8 Å². The molecule has 0 aliphatic rings. The highest BCUT2D eigenvalue weighted by Crippen LogP contribution is 2.34. The van der Waals surface area contributed by atoms with E-state index in [0.29, 0.717) is 33.9 Å². The third kappa shape index (κ3) is 3.29. The Morgan fingerprint density at radius 3 is 3.00 bits per heavy atom. The second-order valence-corrected chi connectivity index (χ2v) is 6.37. The largest absolute Gasteiger partial charge is 0.490 e. The molecule has 1 aromatic carbocycles. The van der Waals surface area contributed by atoms with Crippen molar-refractivity contribution >= 4 is 17.2 Å². The van der Waals surface area contributed by atoms with Gasteiger partial charge >= 0.3 is 0 Å². The summed E-state index contributed by atoms with van der Waals surface area (Å²) in [5.41, 5.74) is 2.03. The molecule has 0 atom stereocenters. The average molecular weight is 380 g/mol. The third-order valence-electron chi connectivity index (χ3n) is 3.99. The molecule has 0 saturated carbocycles. The normalized spacial score (nSPS) is 11.1. The Labute approximate surface area is 159 Å². The van der Waals surface area contributed by atoms with Gasteiger partial charge in [0.2, 0.25) is 0 Å². The average Bonchev–Trinajstić information content (AvgIpc) is 3.29. The number of aromatic nitrogens is 5. The first-order valence-electron chi connectivity index (χ1n) is 8.62. The fourth-order valence-electron chi connectivity index (χ4n) is 2.82. The molecule has 1 amide bonds. The monoisotopic (exact) mass is 380 g/mol.